The van der Waals surface area contributed by atoms with E-state index >= 15 is 0 Å². The van der Waals surface area contributed by atoms with Crippen LogP contribution in [0.4, 0.5) is 5.69 Å². The van der Waals surface area contributed by atoms with E-state index in [9.17, 15) is 15.2 Å². The molecule has 0 aromatic heterocycles. The number of nitriles is 1. The molecule has 2 aromatic carbocycles. The number of methoxy groups -OCH3 is 1. The Balaban J connectivity index is 1.98. The molecule has 31 heavy (non-hydrogen) atoms. The van der Waals surface area contributed by atoms with Gasteiger partial charge in [-0.2, -0.15) is 5.26 Å². The number of hydrogen-bond acceptors (Lipinski definition) is 6. The number of ketones is 1. The van der Waals surface area contributed by atoms with Crippen molar-refractivity contribution in [3.63, 3.8) is 0 Å². The number of hydrogen-bond donors (Lipinski definition) is 2. The van der Waals surface area contributed by atoms with Crippen LogP contribution >= 0.6 is 23.2 Å². The van der Waals surface area contributed by atoms with E-state index in [4.69, 9.17) is 33.7 Å². The number of benzene rings is 2. The molecule has 1 heterocycles. The number of ether oxygens (including phenoxy) is 1. The minimum atomic E-state index is -0.662. The second-order valence-electron chi connectivity index (χ2n) is 7.34. The summed E-state index contributed by atoms with van der Waals surface area (Å²) in [5.41, 5.74) is 9.17. The van der Waals surface area contributed by atoms with Crippen molar-refractivity contribution in [1.82, 2.24) is 0 Å². The number of carbonyl (C=O) groups is 1. The SMILES string of the molecule is COc1cc(C2C(C#N)=C(N)N(c3ccc(Cl)cc3Cl)C3=C2C(=O)CCC3)ccc1O. The van der Waals surface area contributed by atoms with Crippen LogP contribution in [-0.2, 0) is 4.79 Å². The van der Waals surface area contributed by atoms with Crippen LogP contribution < -0.4 is 15.4 Å². The number of phenols is 1. The van der Waals surface area contributed by atoms with Crippen molar-refractivity contribution < 1.29 is 14.6 Å². The molecule has 0 saturated carbocycles. The average molecular weight is 456 g/mol. The summed E-state index contributed by atoms with van der Waals surface area (Å²) >= 11 is 12.5. The molecule has 6 nitrogen and oxygen atoms in total. The number of anilines is 1. The molecular weight excluding hydrogens is 437 g/mol. The molecule has 0 fully saturated rings. The molecule has 1 aliphatic heterocycles. The summed E-state index contributed by atoms with van der Waals surface area (Å²) in [4.78, 5) is 14.8. The van der Waals surface area contributed by atoms with Crippen LogP contribution in [0.15, 0.2) is 59.1 Å². The fourth-order valence-electron chi connectivity index (χ4n) is 4.23. The summed E-state index contributed by atoms with van der Waals surface area (Å²) in [6.07, 6.45) is 1.65. The van der Waals surface area contributed by atoms with E-state index < -0.39 is 5.92 Å². The van der Waals surface area contributed by atoms with E-state index in [-0.39, 0.29) is 28.7 Å². The zero-order chi connectivity index (χ0) is 22.3. The third-order valence-corrected chi connectivity index (χ3v) is 6.14. The predicted octanol–water partition coefficient (Wildman–Crippen LogP) is 5.01. The lowest BCUT2D eigenvalue weighted by molar-refractivity contribution is -0.116. The van der Waals surface area contributed by atoms with Crippen LogP contribution in [0.3, 0.4) is 0 Å². The summed E-state index contributed by atoms with van der Waals surface area (Å²) in [6.45, 7) is 0. The Hall–Kier alpha value is -3.14. The minimum absolute atomic E-state index is 0.0312. The molecule has 8 heteroatoms. The zero-order valence-corrected chi connectivity index (χ0v) is 18.2. The van der Waals surface area contributed by atoms with E-state index in [1.165, 1.54) is 13.2 Å². The van der Waals surface area contributed by atoms with Gasteiger partial charge in [-0.15, -0.1) is 0 Å². The second kappa shape index (κ2) is 8.18. The molecule has 2 aromatic rings. The first-order valence-electron chi connectivity index (χ1n) is 9.65. The first kappa shape index (κ1) is 21.1. The topological polar surface area (TPSA) is 99.6 Å². The highest BCUT2D eigenvalue weighted by molar-refractivity contribution is 6.36. The molecule has 3 N–H and O–H groups in total. The van der Waals surface area contributed by atoms with Gasteiger partial charge >= 0.3 is 0 Å². The van der Waals surface area contributed by atoms with Gasteiger partial charge < -0.3 is 15.6 Å². The van der Waals surface area contributed by atoms with Gasteiger partial charge in [-0.3, -0.25) is 9.69 Å². The summed E-state index contributed by atoms with van der Waals surface area (Å²) in [5.74, 6) is -0.284. The Labute approximate surface area is 189 Å². The van der Waals surface area contributed by atoms with Gasteiger partial charge in [0.2, 0.25) is 0 Å². The van der Waals surface area contributed by atoms with Crippen LogP contribution in [0.25, 0.3) is 0 Å². The highest BCUT2D eigenvalue weighted by Crippen LogP contribution is 2.48. The maximum absolute atomic E-state index is 13.1. The van der Waals surface area contributed by atoms with E-state index in [0.717, 1.165) is 0 Å². The van der Waals surface area contributed by atoms with Crippen LogP contribution in [0.5, 0.6) is 11.5 Å². The molecule has 1 atom stereocenters. The largest absolute Gasteiger partial charge is 0.504 e. The standard InChI is InChI=1S/C23H19Cl2N3O3/c1-31-20-9-12(5-8-18(20)29)21-14(11-26)23(27)28(16-7-6-13(24)10-15(16)25)17-3-2-4-19(30)22(17)21/h5-10,21,29H,2-4,27H2,1H3. The number of allylic oxidation sites excluding steroid dienone is 3. The Kier molecular flexibility index (Phi) is 5.57. The van der Waals surface area contributed by atoms with Gasteiger partial charge in [0, 0.05) is 22.7 Å². The number of halogens is 2. The van der Waals surface area contributed by atoms with Crippen LogP contribution in [0.1, 0.15) is 30.7 Å². The molecule has 158 valence electrons. The van der Waals surface area contributed by atoms with Gasteiger partial charge in [-0.1, -0.05) is 29.3 Å². The number of Topliss-reactive ketones (excluding diaryl/α,β-unsaturated/α-hetero) is 1. The van der Waals surface area contributed by atoms with Crippen molar-refractivity contribution in [1.29, 1.82) is 5.26 Å². The third-order valence-electron chi connectivity index (χ3n) is 5.60. The Morgan fingerprint density at radius 1 is 1.23 bits per heavy atom. The molecule has 0 radical (unpaired) electrons. The number of nitrogens with zero attached hydrogens (tertiary/aromatic N) is 2. The quantitative estimate of drug-likeness (QED) is 0.674. The molecule has 0 spiro atoms. The van der Waals surface area contributed by atoms with Crippen molar-refractivity contribution in [2.24, 2.45) is 5.73 Å². The average Bonchev–Trinajstić information content (AvgIpc) is 2.74. The third kappa shape index (κ3) is 3.50. The van der Waals surface area contributed by atoms with E-state index in [0.29, 0.717) is 51.8 Å². The summed E-state index contributed by atoms with van der Waals surface area (Å²) < 4.78 is 5.23. The first-order valence-corrected chi connectivity index (χ1v) is 10.4. The van der Waals surface area contributed by atoms with E-state index in [2.05, 4.69) is 6.07 Å². The number of rotatable bonds is 3. The Morgan fingerprint density at radius 3 is 2.68 bits per heavy atom. The molecule has 0 amide bonds. The molecule has 1 unspecified atom stereocenters. The maximum Gasteiger partial charge on any atom is 0.161 e. The molecule has 1 aliphatic carbocycles. The van der Waals surface area contributed by atoms with E-state index in [1.807, 2.05) is 0 Å². The van der Waals surface area contributed by atoms with Crippen LogP contribution in [0, 0.1) is 11.3 Å². The molecule has 2 aliphatic rings. The molecular formula is C23H19Cl2N3O3. The molecule has 0 bridgehead atoms. The number of nitrogens with two attached hydrogens (primary N) is 1. The van der Waals surface area contributed by atoms with Crippen LogP contribution in [-0.4, -0.2) is 18.0 Å². The smallest absolute Gasteiger partial charge is 0.161 e. The fraction of sp³-hybridized carbons (Fsp3) is 0.217. The van der Waals surface area contributed by atoms with Crippen molar-refractivity contribution in [2.75, 3.05) is 12.0 Å². The highest BCUT2D eigenvalue weighted by Gasteiger charge is 2.41. The maximum atomic E-state index is 13.1. The van der Waals surface area contributed by atoms with Crippen LogP contribution in [0.2, 0.25) is 10.0 Å². The van der Waals surface area contributed by atoms with Gasteiger partial charge in [-0.25, -0.2) is 0 Å². The highest BCUT2D eigenvalue weighted by atomic mass is 35.5. The lowest BCUT2D eigenvalue weighted by Crippen LogP contribution is -2.38. The Morgan fingerprint density at radius 2 is 2.00 bits per heavy atom. The minimum Gasteiger partial charge on any atom is -0.504 e. The van der Waals surface area contributed by atoms with E-state index in [1.54, 1.807) is 35.2 Å². The number of aromatic hydroxyl groups is 1. The van der Waals surface area contributed by atoms with Gasteiger partial charge in [0.15, 0.2) is 17.3 Å². The fourth-order valence-corrected chi connectivity index (χ4v) is 4.72. The first-order chi connectivity index (χ1) is 14.9. The number of phenolic OH excluding ortho intramolecular Hbond substituents is 1. The number of carbonyl (C=O) groups excluding carboxylic acids is 1. The lowest BCUT2D eigenvalue weighted by Gasteiger charge is -2.40. The second-order valence-corrected chi connectivity index (χ2v) is 8.19. The summed E-state index contributed by atoms with van der Waals surface area (Å²) in [7, 11) is 1.44. The van der Waals surface area contributed by atoms with Gasteiger partial charge in [0.05, 0.1) is 35.4 Å². The normalized spacial score (nSPS) is 18.7. The predicted molar refractivity (Wildman–Crippen MR) is 119 cm³/mol. The lowest BCUT2D eigenvalue weighted by atomic mass is 9.75. The van der Waals surface area contributed by atoms with Crippen molar-refractivity contribution in [3.8, 4) is 17.6 Å². The Bertz CT molecular complexity index is 1200. The van der Waals surface area contributed by atoms with Gasteiger partial charge in [-0.05, 0) is 48.7 Å². The zero-order valence-electron chi connectivity index (χ0n) is 16.7. The summed E-state index contributed by atoms with van der Waals surface area (Å²) in [5, 5.41) is 20.9. The monoisotopic (exact) mass is 455 g/mol. The van der Waals surface area contributed by atoms with Gasteiger partial charge in [0.1, 0.15) is 5.82 Å². The van der Waals surface area contributed by atoms with Crippen molar-refractivity contribution >= 4 is 34.7 Å². The van der Waals surface area contributed by atoms with Crippen molar-refractivity contribution in [2.45, 2.75) is 25.2 Å². The molecule has 4 rings (SSSR count). The summed E-state index contributed by atoms with van der Waals surface area (Å²) in [6, 6.07) is 12.0. The molecule has 0 saturated heterocycles. The van der Waals surface area contributed by atoms with Gasteiger partial charge in [0.25, 0.3) is 0 Å². The van der Waals surface area contributed by atoms with Crippen molar-refractivity contribution in [3.05, 3.63) is 74.7 Å².